The van der Waals surface area contributed by atoms with E-state index in [0.717, 1.165) is 18.8 Å². The standard InChI is InChI=1S/C11H22N2OS/c1-10(2,3)13-7-9(8-13)12-15(14)11(4,5)6/h7-8H2,1-6H3. The molecule has 0 N–H and O–H groups in total. The van der Waals surface area contributed by atoms with Crippen LogP contribution in [0.1, 0.15) is 41.5 Å². The Labute approximate surface area is 95.5 Å². The Balaban J connectivity index is 2.53. The van der Waals surface area contributed by atoms with Crippen LogP contribution in [0.5, 0.6) is 0 Å². The smallest absolute Gasteiger partial charge is 0.144 e. The maximum Gasteiger partial charge on any atom is 0.144 e. The molecule has 1 fully saturated rings. The van der Waals surface area contributed by atoms with E-state index >= 15 is 0 Å². The second-order valence-electron chi connectivity index (χ2n) is 6.05. The normalized spacial score (nSPS) is 21.1. The van der Waals surface area contributed by atoms with Crippen LogP contribution in [0.15, 0.2) is 4.40 Å². The van der Waals surface area contributed by atoms with E-state index in [1.165, 1.54) is 0 Å². The van der Waals surface area contributed by atoms with Crippen molar-refractivity contribution < 1.29 is 4.21 Å². The van der Waals surface area contributed by atoms with Gasteiger partial charge in [-0.05, 0) is 41.5 Å². The highest BCUT2D eigenvalue weighted by molar-refractivity contribution is 7.85. The van der Waals surface area contributed by atoms with E-state index in [2.05, 4.69) is 30.1 Å². The number of likely N-dealkylation sites (tertiary alicyclic amines) is 1. The van der Waals surface area contributed by atoms with Crippen LogP contribution in [0.3, 0.4) is 0 Å². The van der Waals surface area contributed by atoms with Gasteiger partial charge in [0.25, 0.3) is 0 Å². The average Bonchev–Trinajstić information content (AvgIpc) is 1.90. The van der Waals surface area contributed by atoms with Gasteiger partial charge in [0.15, 0.2) is 0 Å². The quantitative estimate of drug-likeness (QED) is 0.690. The minimum absolute atomic E-state index is 0.197. The van der Waals surface area contributed by atoms with Crippen molar-refractivity contribution in [1.82, 2.24) is 4.90 Å². The minimum atomic E-state index is -1.10. The van der Waals surface area contributed by atoms with Crippen LogP contribution in [-0.2, 0) is 11.0 Å². The van der Waals surface area contributed by atoms with Gasteiger partial charge in [0.05, 0.1) is 10.5 Å². The minimum Gasteiger partial charge on any atom is -0.287 e. The summed E-state index contributed by atoms with van der Waals surface area (Å²) in [5.74, 6) is 0. The van der Waals surface area contributed by atoms with Gasteiger partial charge in [0.1, 0.15) is 11.0 Å². The highest BCUT2D eigenvalue weighted by Crippen LogP contribution is 2.21. The van der Waals surface area contributed by atoms with Crippen LogP contribution in [0.25, 0.3) is 0 Å². The van der Waals surface area contributed by atoms with Crippen LogP contribution in [0, 0.1) is 0 Å². The lowest BCUT2D eigenvalue weighted by Crippen LogP contribution is -2.56. The monoisotopic (exact) mass is 230 g/mol. The zero-order valence-corrected chi connectivity index (χ0v) is 11.4. The van der Waals surface area contributed by atoms with E-state index in [4.69, 9.17) is 0 Å². The molecule has 4 heteroatoms. The molecule has 0 spiro atoms. The first-order valence-electron chi connectivity index (χ1n) is 5.34. The topological polar surface area (TPSA) is 32.7 Å². The van der Waals surface area contributed by atoms with Crippen molar-refractivity contribution in [2.75, 3.05) is 13.1 Å². The molecule has 0 amide bonds. The van der Waals surface area contributed by atoms with Gasteiger partial charge in [-0.15, -0.1) is 0 Å². The summed E-state index contributed by atoms with van der Waals surface area (Å²) in [6.07, 6.45) is 0. The lowest BCUT2D eigenvalue weighted by Gasteiger charge is -2.43. The zero-order valence-electron chi connectivity index (χ0n) is 10.6. The number of nitrogens with zero attached hydrogens (tertiary/aromatic N) is 2. The Kier molecular flexibility index (Phi) is 3.41. The Bertz CT molecular complexity index is 289. The molecule has 1 aliphatic heterocycles. The van der Waals surface area contributed by atoms with Gasteiger partial charge < -0.3 is 0 Å². The molecule has 3 nitrogen and oxygen atoms in total. The van der Waals surface area contributed by atoms with Crippen LogP contribution >= 0.6 is 0 Å². The van der Waals surface area contributed by atoms with Crippen molar-refractivity contribution in [2.45, 2.75) is 51.8 Å². The Morgan fingerprint density at radius 2 is 1.60 bits per heavy atom. The first-order valence-corrected chi connectivity index (χ1v) is 6.45. The van der Waals surface area contributed by atoms with Crippen LogP contribution < -0.4 is 0 Å². The van der Waals surface area contributed by atoms with E-state index < -0.39 is 11.0 Å². The highest BCUT2D eigenvalue weighted by Gasteiger charge is 2.32. The van der Waals surface area contributed by atoms with Crippen molar-refractivity contribution in [3.63, 3.8) is 0 Å². The Morgan fingerprint density at radius 1 is 1.13 bits per heavy atom. The fraction of sp³-hybridized carbons (Fsp3) is 0.909. The summed E-state index contributed by atoms with van der Waals surface area (Å²) < 4.78 is 15.8. The molecular formula is C11H22N2OS. The van der Waals surface area contributed by atoms with Crippen LogP contribution in [0.2, 0.25) is 0 Å². The average molecular weight is 230 g/mol. The maximum absolute atomic E-state index is 11.7. The molecule has 0 aromatic carbocycles. The second kappa shape index (κ2) is 3.98. The predicted molar refractivity (Wildman–Crippen MR) is 66.7 cm³/mol. The van der Waals surface area contributed by atoms with Crippen molar-refractivity contribution in [3.8, 4) is 0 Å². The van der Waals surface area contributed by atoms with Crippen LogP contribution in [0.4, 0.5) is 0 Å². The van der Waals surface area contributed by atoms with Gasteiger partial charge in [0, 0.05) is 18.6 Å². The third-order valence-electron chi connectivity index (χ3n) is 2.43. The summed E-state index contributed by atoms with van der Waals surface area (Å²) >= 11 is 0. The summed E-state index contributed by atoms with van der Waals surface area (Å²) in [5, 5.41) is 0. The number of rotatable bonds is 1. The van der Waals surface area contributed by atoms with Crippen molar-refractivity contribution in [2.24, 2.45) is 4.40 Å². The molecule has 0 saturated carbocycles. The summed E-state index contributed by atoms with van der Waals surface area (Å²) in [4.78, 5) is 2.33. The maximum atomic E-state index is 11.7. The largest absolute Gasteiger partial charge is 0.287 e. The molecule has 0 aliphatic carbocycles. The molecule has 0 aromatic heterocycles. The number of hydrogen-bond donors (Lipinski definition) is 0. The third-order valence-corrected chi connectivity index (χ3v) is 3.90. The predicted octanol–water partition coefficient (Wildman–Crippen LogP) is 2.00. The van der Waals surface area contributed by atoms with E-state index in [0.29, 0.717) is 0 Å². The Morgan fingerprint density at radius 3 is 1.93 bits per heavy atom. The summed E-state index contributed by atoms with van der Waals surface area (Å²) in [6.45, 7) is 14.1. The van der Waals surface area contributed by atoms with Gasteiger partial charge in [-0.2, -0.15) is 4.40 Å². The van der Waals surface area contributed by atoms with E-state index in [-0.39, 0.29) is 10.3 Å². The van der Waals surface area contributed by atoms with Gasteiger partial charge in [-0.1, -0.05) is 0 Å². The summed E-state index contributed by atoms with van der Waals surface area (Å²) in [7, 11) is -1.10. The fourth-order valence-corrected chi connectivity index (χ4v) is 1.80. The SMILES string of the molecule is CC(C)(C)N1CC(=NS(=O)C(C)(C)C)C1. The Hall–Kier alpha value is -0.220. The van der Waals surface area contributed by atoms with Crippen molar-refractivity contribution in [3.05, 3.63) is 0 Å². The number of hydrogen-bond acceptors (Lipinski definition) is 2. The molecule has 1 atom stereocenters. The van der Waals surface area contributed by atoms with Crippen molar-refractivity contribution in [1.29, 1.82) is 0 Å². The third kappa shape index (κ3) is 3.38. The fourth-order valence-electron chi connectivity index (χ4n) is 1.18. The van der Waals surface area contributed by atoms with E-state index in [9.17, 15) is 4.21 Å². The van der Waals surface area contributed by atoms with E-state index in [1.807, 2.05) is 20.8 Å². The first kappa shape index (κ1) is 12.8. The van der Waals surface area contributed by atoms with Gasteiger partial charge in [-0.25, -0.2) is 4.21 Å². The molecule has 1 rings (SSSR count). The lowest BCUT2D eigenvalue weighted by atomic mass is 10.00. The lowest BCUT2D eigenvalue weighted by molar-refractivity contribution is 0.152. The molecule has 1 aliphatic rings. The van der Waals surface area contributed by atoms with Crippen LogP contribution in [-0.4, -0.2) is 38.2 Å². The first-order chi connectivity index (χ1) is 6.60. The molecule has 0 aromatic rings. The van der Waals surface area contributed by atoms with Gasteiger partial charge >= 0.3 is 0 Å². The molecular weight excluding hydrogens is 208 g/mol. The molecule has 0 radical (unpaired) electrons. The second-order valence-corrected chi connectivity index (χ2v) is 7.95. The van der Waals surface area contributed by atoms with Gasteiger partial charge in [0.2, 0.25) is 0 Å². The van der Waals surface area contributed by atoms with Gasteiger partial charge in [-0.3, -0.25) is 4.90 Å². The molecule has 0 bridgehead atoms. The summed E-state index contributed by atoms with van der Waals surface area (Å²) in [5.41, 5.74) is 1.26. The highest BCUT2D eigenvalue weighted by atomic mass is 32.2. The van der Waals surface area contributed by atoms with Crippen molar-refractivity contribution >= 4 is 16.7 Å². The molecule has 1 unspecified atom stereocenters. The molecule has 1 heterocycles. The zero-order chi connectivity index (χ0) is 11.9. The summed E-state index contributed by atoms with van der Waals surface area (Å²) in [6, 6.07) is 0. The molecule has 1 saturated heterocycles. The van der Waals surface area contributed by atoms with E-state index in [1.54, 1.807) is 0 Å². The molecule has 88 valence electrons. The molecule has 15 heavy (non-hydrogen) atoms.